The highest BCUT2D eigenvalue weighted by atomic mass is 32.2. The normalized spacial score (nSPS) is 28.8. The van der Waals surface area contributed by atoms with Gasteiger partial charge in [0.05, 0.1) is 18.3 Å². The van der Waals surface area contributed by atoms with E-state index in [0.29, 0.717) is 96.8 Å². The minimum atomic E-state index is -1.09. The number of ether oxygens (including phenoxy) is 1. The molecule has 12 atom stereocenters. The molecule has 4 amide bonds. The second-order valence-corrected chi connectivity index (χ2v) is 26.7. The number of nitrogens with zero attached hydrogens (tertiary/aromatic N) is 3. The Hall–Kier alpha value is -5.25. The molecule has 1 heterocycles. The molecule has 0 bridgehead atoms. The standard InChI is InChI=1S/C62H90N6O11S/c1-36(44-21-22-45-43-20-18-40-31-41(69)25-26-61(40,7)46(43)33-50(70)62(44,45)8)17-24-52(72)65-48(58(76)77)15-12-13-27-64-51(71)16-11-10-14-28-68(59(78)79-42-19-23-47-49(32-42)80-53(35-63)66-47)30-29-67(9)54(73)34-60(5,6)55-39(4)56(74)37(2)38(3)57(55)75/h19,23,32,36,40-41,43-46,48,50,53,66,69-70H,10-18,20-22,24-31,33-34H2,1-9H3,(H,64,71)(H,65,72)(H,76,77)/t36-,40-,41-,43?,44-,45+,46+,48?,50+,53?,61+,62-/m1/s1. The molecule has 6 N–H and O–H groups in total. The third-order valence-corrected chi connectivity index (χ3v) is 21.2. The fourth-order valence-electron chi connectivity index (χ4n) is 15.3. The molecule has 440 valence electrons. The van der Waals surface area contributed by atoms with Crippen LogP contribution in [0.1, 0.15) is 171 Å². The molecule has 6 aliphatic rings. The molecule has 17 nitrogen and oxygen atoms in total. The first-order chi connectivity index (χ1) is 37.8. The highest BCUT2D eigenvalue weighted by molar-refractivity contribution is 8.00. The van der Waals surface area contributed by atoms with Crippen LogP contribution in [0.4, 0.5) is 10.5 Å². The van der Waals surface area contributed by atoms with Gasteiger partial charge in [0.15, 0.2) is 16.9 Å². The zero-order valence-corrected chi connectivity index (χ0v) is 49.7. The number of thioether (sulfide) groups is 1. The van der Waals surface area contributed by atoms with Crippen LogP contribution in [0, 0.1) is 63.1 Å². The third-order valence-electron chi connectivity index (χ3n) is 20.2. The van der Waals surface area contributed by atoms with Crippen LogP contribution in [0.25, 0.3) is 0 Å². The topological polar surface area (TPSA) is 256 Å². The van der Waals surface area contributed by atoms with Crippen molar-refractivity contribution in [3.8, 4) is 11.8 Å². The number of aliphatic hydroxyl groups is 2. The van der Waals surface area contributed by atoms with E-state index in [-0.39, 0.29) is 103 Å². The molecule has 18 heteroatoms. The zero-order chi connectivity index (χ0) is 58.4. The zero-order valence-electron chi connectivity index (χ0n) is 48.9. The average Bonchev–Trinajstić information content (AvgIpc) is 4.02. The Morgan fingerprint density at radius 1 is 0.875 bits per heavy atom. The molecule has 1 aromatic rings. The number of nitrogens with one attached hydrogen (secondary N) is 3. The number of carbonyl (C=O) groups is 7. The summed E-state index contributed by atoms with van der Waals surface area (Å²) < 4.78 is 5.82. The number of amides is 4. The van der Waals surface area contributed by atoms with Crippen molar-refractivity contribution >= 4 is 58.8 Å². The molecular weight excluding hydrogens is 1040 g/mol. The number of carbonyl (C=O) groups excluding carboxylic acids is 6. The predicted octanol–water partition coefficient (Wildman–Crippen LogP) is 9.36. The second kappa shape index (κ2) is 26.3. The summed E-state index contributed by atoms with van der Waals surface area (Å²) in [6.07, 6.45) is 10.7. The number of rotatable bonds is 24. The SMILES string of the molecule is CC1=C(C)C(=O)C(C(C)(C)CC(=O)N(C)CCN(CCCCCC(=O)NCCCCC(NC(=O)CC[C@@H](C)[C@H]2CC[C@H]3C4CC[C@@H]5C[C@H](O)CC[C@]5(C)[C@H]4C[C@H](O)[C@]23C)C(=O)O)C(=O)Oc2ccc3c(c2)SC(C#N)N3)=C(C)C1=O. The van der Waals surface area contributed by atoms with Gasteiger partial charge in [0.25, 0.3) is 0 Å². The summed E-state index contributed by atoms with van der Waals surface area (Å²) in [5, 5.41) is 50.1. The van der Waals surface area contributed by atoms with Crippen LogP contribution in [0.3, 0.4) is 0 Å². The summed E-state index contributed by atoms with van der Waals surface area (Å²) in [6, 6.07) is 6.22. The van der Waals surface area contributed by atoms with Crippen LogP contribution in [0.5, 0.6) is 5.75 Å². The van der Waals surface area contributed by atoms with Gasteiger partial charge in [-0.05, 0) is 175 Å². The first-order valence-electron chi connectivity index (χ1n) is 29.6. The van der Waals surface area contributed by atoms with Crippen molar-refractivity contribution in [2.45, 2.75) is 199 Å². The van der Waals surface area contributed by atoms with Crippen LogP contribution in [-0.4, -0.2) is 123 Å². The number of nitriles is 1. The van der Waals surface area contributed by atoms with E-state index >= 15 is 0 Å². The number of carboxylic acids is 1. The van der Waals surface area contributed by atoms with Crippen molar-refractivity contribution in [1.82, 2.24) is 20.4 Å². The minimum Gasteiger partial charge on any atom is -0.480 e. The molecule has 4 saturated carbocycles. The lowest BCUT2D eigenvalue weighted by Gasteiger charge is -2.62. The predicted molar refractivity (Wildman–Crippen MR) is 306 cm³/mol. The maximum Gasteiger partial charge on any atom is 0.415 e. The molecule has 0 saturated heterocycles. The number of aliphatic hydroxyl groups excluding tert-OH is 2. The maximum atomic E-state index is 13.7. The van der Waals surface area contributed by atoms with Gasteiger partial charge in [-0.15, -0.1) is 0 Å². The Labute approximate surface area is 478 Å². The first-order valence-corrected chi connectivity index (χ1v) is 30.5. The molecule has 80 heavy (non-hydrogen) atoms. The molecule has 7 rings (SSSR count). The second-order valence-electron chi connectivity index (χ2n) is 25.6. The van der Waals surface area contributed by atoms with Gasteiger partial charge in [-0.25, -0.2) is 9.59 Å². The monoisotopic (exact) mass is 1130 g/mol. The number of anilines is 1. The van der Waals surface area contributed by atoms with E-state index in [4.69, 9.17) is 4.74 Å². The number of likely N-dealkylation sites (N-methyl/N-ethyl adjacent to an activating group) is 1. The Morgan fingerprint density at radius 3 is 2.34 bits per heavy atom. The van der Waals surface area contributed by atoms with E-state index in [1.807, 2.05) is 0 Å². The number of carboxylic acid groups (broad SMARTS) is 1. The smallest absolute Gasteiger partial charge is 0.415 e. The number of hydrogen-bond acceptors (Lipinski definition) is 13. The Kier molecular flexibility index (Phi) is 20.5. The van der Waals surface area contributed by atoms with E-state index in [2.05, 4.69) is 42.8 Å². The lowest BCUT2D eigenvalue weighted by molar-refractivity contribution is -0.175. The summed E-state index contributed by atoms with van der Waals surface area (Å²) in [4.78, 5) is 95.8. The molecule has 0 spiro atoms. The molecular formula is C62H90N6O11S. The van der Waals surface area contributed by atoms with Gasteiger partial charge in [-0.3, -0.25) is 24.0 Å². The van der Waals surface area contributed by atoms with Gasteiger partial charge in [0.2, 0.25) is 17.7 Å². The van der Waals surface area contributed by atoms with Crippen LogP contribution >= 0.6 is 11.8 Å². The number of aliphatic carboxylic acids is 1. The Bertz CT molecular complexity index is 2630. The summed E-state index contributed by atoms with van der Waals surface area (Å²) in [7, 11) is 1.63. The highest BCUT2D eigenvalue weighted by Crippen LogP contribution is 2.68. The summed E-state index contributed by atoms with van der Waals surface area (Å²) in [6.45, 7) is 16.3. The van der Waals surface area contributed by atoms with Crippen LogP contribution in [0.15, 0.2) is 45.4 Å². The quantitative estimate of drug-likeness (QED) is 0.0417. The van der Waals surface area contributed by atoms with Crippen molar-refractivity contribution in [2.24, 2.45) is 51.8 Å². The lowest BCUT2D eigenvalue weighted by Crippen LogP contribution is -2.58. The molecule has 0 radical (unpaired) electrons. The molecule has 3 unspecified atom stereocenters. The molecule has 1 aliphatic heterocycles. The fourth-order valence-corrected chi connectivity index (χ4v) is 16.2. The largest absolute Gasteiger partial charge is 0.480 e. The number of allylic oxidation sites excluding steroid dienone is 4. The summed E-state index contributed by atoms with van der Waals surface area (Å²) in [5.74, 6) is 0.542. The Morgan fingerprint density at radius 2 is 1.61 bits per heavy atom. The van der Waals surface area contributed by atoms with E-state index in [0.717, 1.165) is 61.9 Å². The third kappa shape index (κ3) is 13.8. The van der Waals surface area contributed by atoms with Gasteiger partial charge in [-0.1, -0.05) is 52.8 Å². The van der Waals surface area contributed by atoms with Gasteiger partial charge in [0, 0.05) is 90.8 Å². The number of benzene rings is 1. The van der Waals surface area contributed by atoms with E-state index < -0.39 is 35.0 Å². The molecule has 1 aromatic carbocycles. The van der Waals surface area contributed by atoms with Crippen molar-refractivity contribution in [3.63, 3.8) is 0 Å². The van der Waals surface area contributed by atoms with Gasteiger partial charge in [-0.2, -0.15) is 5.26 Å². The first kappa shape index (κ1) is 62.4. The summed E-state index contributed by atoms with van der Waals surface area (Å²) in [5.41, 5.74) is 1.24. The average molecular weight is 1130 g/mol. The number of fused-ring (bicyclic) bond motifs is 6. The van der Waals surface area contributed by atoms with Gasteiger partial charge >= 0.3 is 12.1 Å². The van der Waals surface area contributed by atoms with Crippen molar-refractivity contribution < 1.29 is 53.6 Å². The highest BCUT2D eigenvalue weighted by Gasteiger charge is 2.63. The number of ketones is 2. The maximum absolute atomic E-state index is 13.7. The fraction of sp³-hybridized carbons (Fsp3) is 0.710. The van der Waals surface area contributed by atoms with Crippen molar-refractivity contribution in [1.29, 1.82) is 5.26 Å². The minimum absolute atomic E-state index is 0.0380. The lowest BCUT2D eigenvalue weighted by atomic mass is 9.43. The van der Waals surface area contributed by atoms with E-state index in [9.17, 15) is 54.1 Å². The molecule has 5 aliphatic carbocycles. The van der Waals surface area contributed by atoms with Crippen LogP contribution in [0.2, 0.25) is 0 Å². The van der Waals surface area contributed by atoms with E-state index in [1.54, 1.807) is 59.9 Å². The van der Waals surface area contributed by atoms with Crippen molar-refractivity contribution in [3.05, 3.63) is 40.5 Å². The number of unbranched alkanes of at least 4 members (excludes halogenated alkanes) is 3. The number of Topliss-reactive ketones (excluding diaryl/α,β-unsaturated/α-hetero) is 2. The van der Waals surface area contributed by atoms with Crippen LogP contribution < -0.4 is 20.7 Å². The summed E-state index contributed by atoms with van der Waals surface area (Å²) >= 11 is 1.32. The number of hydrogen-bond donors (Lipinski definition) is 6. The van der Waals surface area contributed by atoms with Gasteiger partial charge < -0.3 is 45.8 Å². The molecule has 0 aromatic heterocycles. The Balaban J connectivity index is 0.816. The van der Waals surface area contributed by atoms with Gasteiger partial charge in [0.1, 0.15) is 11.8 Å². The van der Waals surface area contributed by atoms with E-state index in [1.165, 1.54) is 21.6 Å². The van der Waals surface area contributed by atoms with Crippen molar-refractivity contribution in [2.75, 3.05) is 38.5 Å². The van der Waals surface area contributed by atoms with Crippen LogP contribution in [-0.2, 0) is 28.8 Å². The molecule has 4 fully saturated rings.